The Kier molecular flexibility index (Phi) is 6.32. The van der Waals surface area contributed by atoms with Crippen molar-refractivity contribution in [1.29, 1.82) is 0 Å². The number of carbonyl (C=O) groups excluding carboxylic acids is 3. The Morgan fingerprint density at radius 2 is 1.74 bits per heavy atom. The van der Waals surface area contributed by atoms with Crippen molar-refractivity contribution in [1.82, 2.24) is 10.2 Å². The molecule has 1 aromatic rings. The van der Waals surface area contributed by atoms with Crippen molar-refractivity contribution in [2.24, 2.45) is 11.8 Å². The minimum atomic E-state index is -0.200. The van der Waals surface area contributed by atoms with Crippen LogP contribution in [-0.2, 0) is 14.4 Å². The zero-order chi connectivity index (χ0) is 19.2. The number of carbonyl (C=O) groups is 3. The molecular weight excluding hydrogens is 348 g/mol. The third kappa shape index (κ3) is 4.40. The molecule has 1 N–H and O–H groups in total. The van der Waals surface area contributed by atoms with Crippen LogP contribution in [0.2, 0.25) is 0 Å². The smallest absolute Gasteiger partial charge is 0.233 e. The van der Waals surface area contributed by atoms with Gasteiger partial charge < -0.3 is 14.8 Å². The lowest BCUT2D eigenvalue weighted by molar-refractivity contribution is -0.140. The normalized spacial score (nSPS) is 21.7. The quantitative estimate of drug-likeness (QED) is 0.554. The second kappa shape index (κ2) is 8.88. The second-order valence-corrected chi connectivity index (χ2v) is 6.92. The molecule has 1 aliphatic heterocycles. The van der Waals surface area contributed by atoms with E-state index < -0.39 is 0 Å². The van der Waals surface area contributed by atoms with Crippen molar-refractivity contribution in [2.45, 2.75) is 32.1 Å². The maximum Gasteiger partial charge on any atom is 0.233 e. The standard InChI is InChI=1S/C20H26N2O5/c1-26-16-8-4-5-9-17(16)27-13-11-21-18(23)10-12-22-19(24)14-6-2-3-7-15(14)20(22)25/h4-5,8-9,14-15H,2-3,6-7,10-13H2,1H3,(H,21,23)/t14-,15+. The molecule has 7 heteroatoms. The van der Waals surface area contributed by atoms with Crippen LogP contribution in [0.5, 0.6) is 11.5 Å². The number of benzene rings is 1. The fourth-order valence-corrected chi connectivity index (χ4v) is 3.84. The Balaban J connectivity index is 1.38. The number of imide groups is 1. The van der Waals surface area contributed by atoms with Crippen LogP contribution in [0.3, 0.4) is 0 Å². The number of hydrogen-bond donors (Lipinski definition) is 1. The van der Waals surface area contributed by atoms with Crippen LogP contribution in [-0.4, -0.2) is 49.4 Å². The van der Waals surface area contributed by atoms with Gasteiger partial charge in [-0.05, 0) is 25.0 Å². The van der Waals surface area contributed by atoms with E-state index >= 15 is 0 Å². The summed E-state index contributed by atoms with van der Waals surface area (Å²) in [5.41, 5.74) is 0. The summed E-state index contributed by atoms with van der Waals surface area (Å²) in [7, 11) is 1.57. The van der Waals surface area contributed by atoms with E-state index in [0.29, 0.717) is 24.7 Å². The molecule has 1 saturated heterocycles. The Hall–Kier alpha value is -2.57. The van der Waals surface area contributed by atoms with Crippen LogP contribution >= 0.6 is 0 Å². The van der Waals surface area contributed by atoms with E-state index in [-0.39, 0.29) is 42.5 Å². The fraction of sp³-hybridized carbons (Fsp3) is 0.550. The van der Waals surface area contributed by atoms with E-state index in [2.05, 4.69) is 5.32 Å². The van der Waals surface area contributed by atoms with Crippen molar-refractivity contribution in [3.63, 3.8) is 0 Å². The molecule has 3 amide bonds. The molecule has 0 aromatic heterocycles. The summed E-state index contributed by atoms with van der Waals surface area (Å²) in [5, 5.41) is 2.75. The molecule has 0 unspecified atom stereocenters. The van der Waals surface area contributed by atoms with Crippen LogP contribution in [0.25, 0.3) is 0 Å². The molecule has 146 valence electrons. The van der Waals surface area contributed by atoms with Crippen LogP contribution in [0.15, 0.2) is 24.3 Å². The van der Waals surface area contributed by atoms with Gasteiger partial charge in [0.2, 0.25) is 17.7 Å². The number of nitrogens with zero attached hydrogens (tertiary/aromatic N) is 1. The SMILES string of the molecule is COc1ccccc1OCCNC(=O)CCN1C(=O)[C@H]2CCCC[C@H]2C1=O. The molecule has 7 nitrogen and oxygen atoms in total. The van der Waals surface area contributed by atoms with Gasteiger partial charge in [-0.1, -0.05) is 25.0 Å². The van der Waals surface area contributed by atoms with E-state index in [4.69, 9.17) is 9.47 Å². The molecule has 27 heavy (non-hydrogen) atoms. The molecule has 2 aliphatic rings. The Morgan fingerprint density at radius 1 is 1.11 bits per heavy atom. The number of likely N-dealkylation sites (tertiary alicyclic amines) is 1. The Morgan fingerprint density at radius 3 is 2.37 bits per heavy atom. The van der Waals surface area contributed by atoms with Crippen molar-refractivity contribution in [3.8, 4) is 11.5 Å². The molecule has 1 saturated carbocycles. The predicted octanol–water partition coefficient (Wildman–Crippen LogP) is 1.76. The van der Waals surface area contributed by atoms with Gasteiger partial charge in [0.1, 0.15) is 6.61 Å². The first-order valence-electron chi connectivity index (χ1n) is 9.49. The summed E-state index contributed by atoms with van der Waals surface area (Å²) in [4.78, 5) is 38.1. The Bertz CT molecular complexity index is 681. The topological polar surface area (TPSA) is 84.9 Å². The number of hydrogen-bond acceptors (Lipinski definition) is 5. The summed E-state index contributed by atoms with van der Waals surface area (Å²) < 4.78 is 10.8. The van der Waals surface area contributed by atoms with E-state index in [1.54, 1.807) is 19.2 Å². The summed E-state index contributed by atoms with van der Waals surface area (Å²) in [6, 6.07) is 7.29. The largest absolute Gasteiger partial charge is 0.493 e. The lowest BCUT2D eigenvalue weighted by Crippen LogP contribution is -2.36. The van der Waals surface area contributed by atoms with Crippen LogP contribution in [0.1, 0.15) is 32.1 Å². The number of para-hydroxylation sites is 2. The molecule has 1 aliphatic carbocycles. The van der Waals surface area contributed by atoms with Gasteiger partial charge in [-0.2, -0.15) is 0 Å². The zero-order valence-electron chi connectivity index (χ0n) is 15.6. The molecule has 3 rings (SSSR count). The maximum absolute atomic E-state index is 12.4. The maximum atomic E-state index is 12.4. The van der Waals surface area contributed by atoms with Gasteiger partial charge in [0, 0.05) is 13.0 Å². The summed E-state index contributed by atoms with van der Waals surface area (Å²) >= 11 is 0. The van der Waals surface area contributed by atoms with Gasteiger partial charge in [-0.3, -0.25) is 19.3 Å². The van der Waals surface area contributed by atoms with Crippen LogP contribution < -0.4 is 14.8 Å². The van der Waals surface area contributed by atoms with Crippen LogP contribution in [0.4, 0.5) is 0 Å². The zero-order valence-corrected chi connectivity index (χ0v) is 15.6. The number of amides is 3. The Labute approximate surface area is 159 Å². The number of rotatable bonds is 8. The average Bonchev–Trinajstić information content (AvgIpc) is 2.94. The third-order valence-corrected chi connectivity index (χ3v) is 5.25. The summed E-state index contributed by atoms with van der Waals surface area (Å²) in [6.45, 7) is 0.797. The van der Waals surface area contributed by atoms with E-state index in [1.807, 2.05) is 12.1 Å². The highest BCUT2D eigenvalue weighted by atomic mass is 16.5. The second-order valence-electron chi connectivity index (χ2n) is 6.92. The number of nitrogens with one attached hydrogen (secondary N) is 1. The van der Waals surface area contributed by atoms with Gasteiger partial charge in [-0.25, -0.2) is 0 Å². The summed E-state index contributed by atoms with van der Waals surface area (Å²) in [5.74, 6) is 0.525. The highest BCUT2D eigenvalue weighted by molar-refractivity contribution is 6.05. The highest BCUT2D eigenvalue weighted by Crippen LogP contribution is 2.37. The van der Waals surface area contributed by atoms with Crippen molar-refractivity contribution >= 4 is 17.7 Å². The first kappa shape index (κ1) is 19.2. The molecule has 1 aromatic carbocycles. The monoisotopic (exact) mass is 374 g/mol. The number of ether oxygens (including phenoxy) is 2. The van der Waals surface area contributed by atoms with E-state index in [0.717, 1.165) is 25.7 Å². The van der Waals surface area contributed by atoms with Gasteiger partial charge in [0.15, 0.2) is 11.5 Å². The molecule has 2 fully saturated rings. The third-order valence-electron chi connectivity index (χ3n) is 5.25. The first-order chi connectivity index (χ1) is 13.1. The minimum Gasteiger partial charge on any atom is -0.493 e. The molecule has 1 heterocycles. The first-order valence-corrected chi connectivity index (χ1v) is 9.49. The number of methoxy groups -OCH3 is 1. The van der Waals surface area contributed by atoms with E-state index in [1.165, 1.54) is 4.90 Å². The van der Waals surface area contributed by atoms with Gasteiger partial charge in [0.25, 0.3) is 0 Å². The predicted molar refractivity (Wildman–Crippen MR) is 98.3 cm³/mol. The summed E-state index contributed by atoms with van der Waals surface area (Å²) in [6.07, 6.45) is 3.70. The van der Waals surface area contributed by atoms with Crippen LogP contribution in [0, 0.1) is 11.8 Å². The van der Waals surface area contributed by atoms with Crippen molar-refractivity contribution in [2.75, 3.05) is 26.8 Å². The molecular formula is C20H26N2O5. The molecule has 0 spiro atoms. The highest BCUT2D eigenvalue weighted by Gasteiger charge is 2.47. The average molecular weight is 374 g/mol. The fourth-order valence-electron chi connectivity index (χ4n) is 3.84. The van der Waals surface area contributed by atoms with Crippen molar-refractivity contribution in [3.05, 3.63) is 24.3 Å². The minimum absolute atomic E-state index is 0.1000. The van der Waals surface area contributed by atoms with Gasteiger partial charge >= 0.3 is 0 Å². The lowest BCUT2D eigenvalue weighted by atomic mass is 9.81. The molecule has 0 radical (unpaired) electrons. The van der Waals surface area contributed by atoms with Gasteiger partial charge in [-0.15, -0.1) is 0 Å². The molecule has 0 bridgehead atoms. The number of fused-ring (bicyclic) bond motifs is 1. The van der Waals surface area contributed by atoms with Gasteiger partial charge in [0.05, 0.1) is 25.5 Å². The van der Waals surface area contributed by atoms with Crippen molar-refractivity contribution < 1.29 is 23.9 Å². The molecule has 2 atom stereocenters. The lowest BCUT2D eigenvalue weighted by Gasteiger charge is -2.19. The van der Waals surface area contributed by atoms with E-state index in [9.17, 15) is 14.4 Å².